The highest BCUT2D eigenvalue weighted by molar-refractivity contribution is 5.84. The van der Waals surface area contributed by atoms with Gasteiger partial charge in [0.2, 0.25) is 0 Å². The van der Waals surface area contributed by atoms with Gasteiger partial charge in [0.05, 0.1) is 21.1 Å². The van der Waals surface area contributed by atoms with Crippen molar-refractivity contribution in [1.29, 1.82) is 0 Å². The number of benzene rings is 1. The predicted octanol–water partition coefficient (Wildman–Crippen LogP) is 1.70. The molecule has 0 spiro atoms. The van der Waals surface area contributed by atoms with Crippen molar-refractivity contribution in [2.24, 2.45) is 0 Å². The molecule has 1 atom stereocenters. The number of esters is 1. The lowest BCUT2D eigenvalue weighted by Gasteiger charge is -2.24. The van der Waals surface area contributed by atoms with Gasteiger partial charge < -0.3 is 9.47 Å². The molecule has 0 amide bonds. The summed E-state index contributed by atoms with van der Waals surface area (Å²) >= 11 is 0. The molecule has 0 saturated carbocycles. The lowest BCUT2D eigenvalue weighted by molar-refractivity contribution is -0.147. The summed E-state index contributed by atoms with van der Waals surface area (Å²) in [5, 5.41) is 0. The fourth-order valence-corrected chi connectivity index (χ4v) is 1.52. The average molecular weight is 234 g/mol. The minimum absolute atomic E-state index is 0.363. The molecule has 1 unspecified atom stereocenters. The predicted molar refractivity (Wildman–Crippen MR) is 65.7 cm³/mol. The van der Waals surface area contributed by atoms with Crippen molar-refractivity contribution in [1.82, 2.24) is 4.48 Å². The molecule has 1 aromatic rings. The molecule has 0 saturated heterocycles. The van der Waals surface area contributed by atoms with Crippen LogP contribution in [-0.4, -0.2) is 33.4 Å². The number of carbonyl (C=O) groups is 1. The van der Waals surface area contributed by atoms with Gasteiger partial charge in [0.15, 0.2) is 0 Å². The van der Waals surface area contributed by atoms with Gasteiger partial charge in [-0.3, -0.25) is 4.48 Å². The largest absolute Gasteiger partial charge is 0.451 e. The molecule has 0 fully saturated rings. The van der Waals surface area contributed by atoms with Crippen LogP contribution in [-0.2, 0) is 9.53 Å². The topological polar surface area (TPSA) is 35.5 Å². The smallest absolute Gasteiger partial charge is 0.334 e. The summed E-state index contributed by atoms with van der Waals surface area (Å²) in [7, 11) is 6.23. The van der Waals surface area contributed by atoms with Crippen LogP contribution in [0.3, 0.4) is 0 Å². The molecule has 0 aliphatic carbocycles. The van der Waals surface area contributed by atoms with Crippen LogP contribution in [0.4, 0.5) is 5.69 Å². The van der Waals surface area contributed by atoms with Gasteiger partial charge in [-0.2, -0.15) is 0 Å². The molecule has 1 heterocycles. The van der Waals surface area contributed by atoms with Gasteiger partial charge in [-0.1, -0.05) is 6.07 Å². The van der Waals surface area contributed by atoms with Crippen molar-refractivity contribution in [3.8, 4) is 5.75 Å². The summed E-state index contributed by atoms with van der Waals surface area (Å²) in [5.41, 5.74) is 1.12. The third-order valence-corrected chi connectivity index (χ3v) is 2.47. The first kappa shape index (κ1) is 11.7. The SMILES string of the molecule is C[N+](C)(C)c1cccc(OC2C=CC(=O)O2)c1. The van der Waals surface area contributed by atoms with E-state index in [0.717, 1.165) is 5.69 Å². The van der Waals surface area contributed by atoms with Crippen LogP contribution in [0.15, 0.2) is 36.4 Å². The fourth-order valence-electron chi connectivity index (χ4n) is 1.52. The standard InChI is InChI=1S/C13H16NO3/c1-14(2,3)10-5-4-6-11(9-10)16-13-8-7-12(15)17-13/h4-9,13H,1-3H3/q+1. The summed E-state index contributed by atoms with van der Waals surface area (Å²) in [4.78, 5) is 10.9. The van der Waals surface area contributed by atoms with Crippen LogP contribution in [0, 0.1) is 0 Å². The molecule has 1 aromatic carbocycles. The molecule has 0 N–H and O–H groups in total. The van der Waals surface area contributed by atoms with Crippen molar-refractivity contribution in [2.75, 3.05) is 21.1 Å². The monoisotopic (exact) mass is 234 g/mol. The van der Waals surface area contributed by atoms with Gasteiger partial charge in [0.25, 0.3) is 6.29 Å². The maximum absolute atomic E-state index is 10.9. The van der Waals surface area contributed by atoms with E-state index >= 15 is 0 Å². The van der Waals surface area contributed by atoms with Gasteiger partial charge in [0, 0.05) is 18.2 Å². The summed E-state index contributed by atoms with van der Waals surface area (Å²) in [5.74, 6) is 0.331. The molecule has 90 valence electrons. The van der Waals surface area contributed by atoms with Gasteiger partial charge in [-0.15, -0.1) is 0 Å². The number of hydrogen-bond acceptors (Lipinski definition) is 3. The van der Waals surface area contributed by atoms with Gasteiger partial charge in [-0.05, 0) is 12.1 Å². The zero-order valence-electron chi connectivity index (χ0n) is 10.2. The Kier molecular flexibility index (Phi) is 2.90. The van der Waals surface area contributed by atoms with E-state index in [0.29, 0.717) is 10.2 Å². The van der Waals surface area contributed by atoms with E-state index in [9.17, 15) is 4.79 Å². The zero-order chi connectivity index (χ0) is 12.5. The number of rotatable bonds is 3. The van der Waals surface area contributed by atoms with Crippen LogP contribution in [0.25, 0.3) is 0 Å². The fraction of sp³-hybridized carbons (Fsp3) is 0.308. The van der Waals surface area contributed by atoms with E-state index in [4.69, 9.17) is 9.47 Å². The third kappa shape index (κ3) is 2.85. The number of cyclic esters (lactones) is 1. The molecule has 17 heavy (non-hydrogen) atoms. The molecule has 0 bridgehead atoms. The second-order valence-electron chi connectivity index (χ2n) is 4.79. The Bertz CT molecular complexity index is 460. The highest BCUT2D eigenvalue weighted by Gasteiger charge is 2.19. The highest BCUT2D eigenvalue weighted by atomic mass is 16.7. The van der Waals surface area contributed by atoms with E-state index in [1.165, 1.54) is 6.08 Å². The van der Waals surface area contributed by atoms with Crippen molar-refractivity contribution in [2.45, 2.75) is 6.29 Å². The Hall–Kier alpha value is -1.81. The third-order valence-electron chi connectivity index (χ3n) is 2.47. The van der Waals surface area contributed by atoms with Gasteiger partial charge in [-0.25, -0.2) is 4.79 Å². The number of quaternary nitrogens is 1. The number of ether oxygens (including phenoxy) is 2. The zero-order valence-corrected chi connectivity index (χ0v) is 10.2. The summed E-state index contributed by atoms with van der Waals surface area (Å²) < 4.78 is 11.2. The maximum atomic E-state index is 10.9. The first-order chi connectivity index (χ1) is 7.95. The molecule has 4 heteroatoms. The Balaban J connectivity index is 2.12. The Labute approximate surface area is 101 Å². The average Bonchev–Trinajstić information content (AvgIpc) is 2.63. The molecule has 1 aliphatic heterocycles. The molecule has 1 aliphatic rings. The minimum atomic E-state index is -0.606. The lowest BCUT2D eigenvalue weighted by Crippen LogP contribution is -2.34. The Morgan fingerprint density at radius 3 is 2.65 bits per heavy atom. The van der Waals surface area contributed by atoms with Gasteiger partial charge in [0.1, 0.15) is 11.4 Å². The maximum Gasteiger partial charge on any atom is 0.334 e. The number of carbonyl (C=O) groups excluding carboxylic acids is 1. The first-order valence-corrected chi connectivity index (χ1v) is 5.43. The molecule has 2 rings (SSSR count). The van der Waals surface area contributed by atoms with E-state index in [2.05, 4.69) is 21.1 Å². The van der Waals surface area contributed by atoms with Crippen LogP contribution in [0.1, 0.15) is 0 Å². The summed E-state index contributed by atoms with van der Waals surface area (Å²) in [6.07, 6.45) is 2.36. The van der Waals surface area contributed by atoms with Crippen molar-refractivity contribution < 1.29 is 14.3 Å². The Morgan fingerprint density at radius 1 is 1.29 bits per heavy atom. The molecule has 0 radical (unpaired) electrons. The van der Waals surface area contributed by atoms with Crippen LogP contribution >= 0.6 is 0 Å². The van der Waals surface area contributed by atoms with Crippen molar-refractivity contribution >= 4 is 11.7 Å². The second-order valence-corrected chi connectivity index (χ2v) is 4.79. The second kappa shape index (κ2) is 4.22. The van der Waals surface area contributed by atoms with Crippen molar-refractivity contribution in [3.05, 3.63) is 36.4 Å². The van der Waals surface area contributed by atoms with Crippen LogP contribution in [0.2, 0.25) is 0 Å². The van der Waals surface area contributed by atoms with Crippen LogP contribution in [0.5, 0.6) is 5.75 Å². The molecule has 4 nitrogen and oxygen atoms in total. The lowest BCUT2D eigenvalue weighted by atomic mass is 10.2. The normalized spacial score (nSPS) is 19.2. The van der Waals surface area contributed by atoms with Gasteiger partial charge >= 0.3 is 5.97 Å². The van der Waals surface area contributed by atoms with E-state index in [1.54, 1.807) is 6.08 Å². The minimum Gasteiger partial charge on any atom is -0.451 e. The summed E-state index contributed by atoms with van der Waals surface area (Å²) in [6.45, 7) is 0. The molecular formula is C13H16NO3+. The highest BCUT2D eigenvalue weighted by Crippen LogP contribution is 2.24. The van der Waals surface area contributed by atoms with E-state index in [-0.39, 0.29) is 5.97 Å². The first-order valence-electron chi connectivity index (χ1n) is 5.43. The molecule has 0 aromatic heterocycles. The van der Waals surface area contributed by atoms with E-state index < -0.39 is 6.29 Å². The molecular weight excluding hydrogens is 218 g/mol. The number of hydrogen-bond donors (Lipinski definition) is 0. The Morgan fingerprint density at radius 2 is 2.06 bits per heavy atom. The van der Waals surface area contributed by atoms with Crippen molar-refractivity contribution in [3.63, 3.8) is 0 Å². The summed E-state index contributed by atoms with van der Waals surface area (Å²) in [6, 6.07) is 7.75. The number of nitrogens with zero attached hydrogens (tertiary/aromatic N) is 1. The van der Waals surface area contributed by atoms with E-state index in [1.807, 2.05) is 24.3 Å². The quantitative estimate of drug-likeness (QED) is 0.590. The van der Waals surface area contributed by atoms with Crippen LogP contribution < -0.4 is 9.22 Å².